The summed E-state index contributed by atoms with van der Waals surface area (Å²) in [5, 5.41) is 8.83. The fourth-order valence-electron chi connectivity index (χ4n) is 6.90. The maximum absolute atomic E-state index is 16.4. The van der Waals surface area contributed by atoms with Crippen LogP contribution < -0.4 is 0 Å². The van der Waals surface area contributed by atoms with E-state index >= 15 is 4.39 Å². The molecule has 2 saturated heterocycles. The van der Waals surface area contributed by atoms with E-state index < -0.39 is 0 Å². The van der Waals surface area contributed by atoms with Crippen LogP contribution in [0.15, 0.2) is 30.6 Å². The van der Waals surface area contributed by atoms with E-state index in [2.05, 4.69) is 63.7 Å². The molecule has 5 heterocycles. The second kappa shape index (κ2) is 10.4. The Morgan fingerprint density at radius 2 is 1.76 bits per heavy atom. The zero-order chi connectivity index (χ0) is 26.4. The lowest BCUT2D eigenvalue weighted by molar-refractivity contribution is 0.110. The Kier molecular flexibility index (Phi) is 6.99. The van der Waals surface area contributed by atoms with Crippen LogP contribution in [0.2, 0.25) is 0 Å². The third-order valence-electron chi connectivity index (χ3n) is 9.09. The largest absolute Gasteiger partial charge is 0.354 e. The molecule has 3 aromatic heterocycles. The number of pyridine rings is 1. The molecule has 0 aliphatic carbocycles. The van der Waals surface area contributed by atoms with Crippen molar-refractivity contribution in [1.29, 1.82) is 0 Å². The molecule has 0 unspecified atom stereocenters. The smallest absolute Gasteiger partial charge is 0.155 e. The molecule has 0 spiro atoms. The molecule has 2 aliphatic heterocycles. The first-order chi connectivity index (χ1) is 18.4. The number of hydrogen-bond donors (Lipinski definition) is 2. The van der Waals surface area contributed by atoms with Gasteiger partial charge in [-0.15, -0.1) is 0 Å². The van der Waals surface area contributed by atoms with Gasteiger partial charge in [0.05, 0.1) is 11.9 Å². The molecule has 0 saturated carbocycles. The molecule has 6 rings (SSSR count). The molecule has 6 nitrogen and oxygen atoms in total. The van der Waals surface area contributed by atoms with Crippen molar-refractivity contribution in [2.24, 2.45) is 5.92 Å². The van der Waals surface area contributed by atoms with Gasteiger partial charge in [-0.2, -0.15) is 5.10 Å². The van der Waals surface area contributed by atoms with Gasteiger partial charge in [0.2, 0.25) is 0 Å². The van der Waals surface area contributed by atoms with Crippen molar-refractivity contribution in [2.75, 3.05) is 32.7 Å². The number of fused-ring (bicyclic) bond motifs is 2. The molecule has 38 heavy (non-hydrogen) atoms. The van der Waals surface area contributed by atoms with E-state index in [9.17, 15) is 0 Å². The SMILES string of the molecule is CC(C)c1c(-c2ccnc3[nH]ncc23)[nH]c2ccc(C3CCN(CC4CCN(C(C)C)CC4)CC3)c(F)c12. The Morgan fingerprint density at radius 1 is 1.00 bits per heavy atom. The molecular weight excluding hydrogens is 475 g/mol. The summed E-state index contributed by atoms with van der Waals surface area (Å²) in [6.45, 7) is 14.7. The molecular formula is C31H41FN6. The molecule has 202 valence electrons. The predicted molar refractivity (Wildman–Crippen MR) is 153 cm³/mol. The Labute approximate surface area is 225 Å². The average molecular weight is 517 g/mol. The number of aromatic amines is 2. The minimum atomic E-state index is -0.0364. The summed E-state index contributed by atoms with van der Waals surface area (Å²) in [5.41, 5.74) is 5.52. The number of benzene rings is 1. The van der Waals surface area contributed by atoms with Crippen molar-refractivity contribution < 1.29 is 4.39 Å². The highest BCUT2D eigenvalue weighted by Gasteiger charge is 2.29. The molecule has 2 fully saturated rings. The minimum Gasteiger partial charge on any atom is -0.354 e. The number of aromatic nitrogens is 4. The highest BCUT2D eigenvalue weighted by atomic mass is 19.1. The third-order valence-corrected chi connectivity index (χ3v) is 9.09. The van der Waals surface area contributed by atoms with E-state index in [0.717, 1.165) is 76.2 Å². The summed E-state index contributed by atoms with van der Waals surface area (Å²) in [7, 11) is 0. The number of nitrogens with zero attached hydrogens (tertiary/aromatic N) is 4. The predicted octanol–water partition coefficient (Wildman–Crippen LogP) is 6.67. The Balaban J connectivity index is 1.22. The molecule has 0 bridgehead atoms. The van der Waals surface area contributed by atoms with Gasteiger partial charge >= 0.3 is 0 Å². The Bertz CT molecular complexity index is 1400. The molecule has 4 aromatic rings. The van der Waals surface area contributed by atoms with E-state index in [-0.39, 0.29) is 17.7 Å². The molecule has 1 aromatic carbocycles. The number of nitrogens with one attached hydrogen (secondary N) is 2. The van der Waals surface area contributed by atoms with Crippen LogP contribution in [0.25, 0.3) is 33.2 Å². The van der Waals surface area contributed by atoms with E-state index in [4.69, 9.17) is 0 Å². The van der Waals surface area contributed by atoms with Crippen molar-refractivity contribution in [1.82, 2.24) is 30.0 Å². The number of likely N-dealkylation sites (tertiary alicyclic amines) is 2. The first kappa shape index (κ1) is 25.5. The standard InChI is InChI=1S/C31H41FN6/c1-19(2)27-28-26(35-30(27)24-7-12-33-31-25(24)17-34-36-31)6-5-23(29(28)32)22-10-13-37(14-11-22)18-21-8-15-38(16-9-21)20(3)4/h5-7,12,17,19-22,35H,8-11,13-16,18H2,1-4H3,(H,33,34,36). The van der Waals surface area contributed by atoms with Gasteiger partial charge in [-0.25, -0.2) is 9.37 Å². The lowest BCUT2D eigenvalue weighted by Gasteiger charge is -2.39. The molecule has 0 radical (unpaired) electrons. The van der Waals surface area contributed by atoms with Crippen molar-refractivity contribution >= 4 is 21.9 Å². The summed E-state index contributed by atoms with van der Waals surface area (Å²) in [4.78, 5) is 13.2. The average Bonchev–Trinajstić information content (AvgIpc) is 3.55. The van der Waals surface area contributed by atoms with Crippen LogP contribution in [0, 0.1) is 11.7 Å². The zero-order valence-corrected chi connectivity index (χ0v) is 23.2. The van der Waals surface area contributed by atoms with E-state index in [1.807, 2.05) is 12.1 Å². The summed E-state index contributed by atoms with van der Waals surface area (Å²) in [5.74, 6) is 1.21. The molecule has 0 atom stereocenters. The molecule has 2 aliphatic rings. The van der Waals surface area contributed by atoms with Crippen LogP contribution in [-0.4, -0.2) is 68.7 Å². The number of piperidine rings is 2. The topological polar surface area (TPSA) is 63.8 Å². The van der Waals surface area contributed by atoms with Gasteiger partial charge < -0.3 is 14.8 Å². The second-order valence-corrected chi connectivity index (χ2v) is 12.1. The third kappa shape index (κ3) is 4.64. The van der Waals surface area contributed by atoms with Crippen LogP contribution in [-0.2, 0) is 0 Å². The van der Waals surface area contributed by atoms with E-state index in [1.165, 1.54) is 32.5 Å². The van der Waals surface area contributed by atoms with Crippen LogP contribution in [0.4, 0.5) is 4.39 Å². The molecule has 2 N–H and O–H groups in total. The van der Waals surface area contributed by atoms with E-state index in [1.54, 1.807) is 12.4 Å². The highest BCUT2D eigenvalue weighted by molar-refractivity contribution is 5.99. The summed E-state index contributed by atoms with van der Waals surface area (Å²) < 4.78 is 16.4. The van der Waals surface area contributed by atoms with Gasteiger partial charge in [0.15, 0.2) is 5.65 Å². The Hall–Kier alpha value is -2.77. The number of hydrogen-bond acceptors (Lipinski definition) is 4. The second-order valence-electron chi connectivity index (χ2n) is 12.1. The van der Waals surface area contributed by atoms with Gasteiger partial charge in [0.25, 0.3) is 0 Å². The molecule has 7 heteroatoms. The van der Waals surface area contributed by atoms with Gasteiger partial charge in [-0.05, 0) is 107 Å². The summed E-state index contributed by atoms with van der Waals surface area (Å²) in [6.07, 6.45) is 8.26. The first-order valence-electron chi connectivity index (χ1n) is 14.5. The quantitative estimate of drug-likeness (QED) is 0.300. The highest BCUT2D eigenvalue weighted by Crippen LogP contribution is 2.41. The Morgan fingerprint density at radius 3 is 2.47 bits per heavy atom. The zero-order valence-electron chi connectivity index (χ0n) is 23.2. The fraction of sp³-hybridized carbons (Fsp3) is 0.548. The van der Waals surface area contributed by atoms with Crippen molar-refractivity contribution in [3.63, 3.8) is 0 Å². The number of H-pyrrole nitrogens is 2. The van der Waals surface area contributed by atoms with Crippen LogP contribution in [0.3, 0.4) is 0 Å². The number of halogens is 1. The first-order valence-corrected chi connectivity index (χ1v) is 14.5. The number of rotatable bonds is 6. The van der Waals surface area contributed by atoms with Gasteiger partial charge in [0, 0.05) is 40.6 Å². The summed E-state index contributed by atoms with van der Waals surface area (Å²) in [6, 6.07) is 6.77. The maximum Gasteiger partial charge on any atom is 0.155 e. The van der Waals surface area contributed by atoms with Crippen LogP contribution in [0.1, 0.15) is 76.3 Å². The van der Waals surface area contributed by atoms with Gasteiger partial charge in [-0.1, -0.05) is 19.9 Å². The summed E-state index contributed by atoms with van der Waals surface area (Å²) >= 11 is 0. The van der Waals surface area contributed by atoms with Crippen LogP contribution >= 0.6 is 0 Å². The fourth-order valence-corrected chi connectivity index (χ4v) is 6.90. The van der Waals surface area contributed by atoms with Crippen molar-refractivity contribution in [3.05, 3.63) is 47.5 Å². The van der Waals surface area contributed by atoms with E-state index in [0.29, 0.717) is 6.04 Å². The maximum atomic E-state index is 16.4. The lowest BCUT2D eigenvalue weighted by atomic mass is 9.86. The minimum absolute atomic E-state index is 0.0364. The molecule has 0 amide bonds. The lowest BCUT2D eigenvalue weighted by Crippen LogP contribution is -2.43. The van der Waals surface area contributed by atoms with Crippen molar-refractivity contribution in [2.45, 2.75) is 71.3 Å². The normalized spacial score (nSPS) is 19.0. The monoisotopic (exact) mass is 516 g/mol. The van der Waals surface area contributed by atoms with Gasteiger partial charge in [-0.3, -0.25) is 5.10 Å². The van der Waals surface area contributed by atoms with Crippen molar-refractivity contribution in [3.8, 4) is 11.3 Å². The van der Waals surface area contributed by atoms with Crippen LogP contribution in [0.5, 0.6) is 0 Å². The van der Waals surface area contributed by atoms with Gasteiger partial charge in [0.1, 0.15) is 5.82 Å².